The molecular formula is C16H31N3O. The zero-order valence-corrected chi connectivity index (χ0v) is 13.2. The van der Waals surface area contributed by atoms with Gasteiger partial charge in [-0.15, -0.1) is 0 Å². The Balaban J connectivity index is 1.70. The smallest absolute Gasteiger partial charge is 0.237 e. The van der Waals surface area contributed by atoms with Gasteiger partial charge in [0.2, 0.25) is 5.91 Å². The van der Waals surface area contributed by atoms with E-state index >= 15 is 0 Å². The zero-order chi connectivity index (χ0) is 14.6. The summed E-state index contributed by atoms with van der Waals surface area (Å²) in [6.07, 6.45) is 10.2. The largest absolute Gasteiger partial charge is 0.368 e. The SMILES string of the molecule is CNC(C)(CCCCN1CCC2CCCCC21)C(N)=O. The van der Waals surface area contributed by atoms with Crippen LogP contribution in [0.2, 0.25) is 0 Å². The molecule has 1 aliphatic heterocycles. The summed E-state index contributed by atoms with van der Waals surface area (Å²) in [6, 6.07) is 0.857. The summed E-state index contributed by atoms with van der Waals surface area (Å²) in [5.41, 5.74) is 4.92. The van der Waals surface area contributed by atoms with E-state index in [0.29, 0.717) is 0 Å². The van der Waals surface area contributed by atoms with Crippen LogP contribution in [0.5, 0.6) is 0 Å². The van der Waals surface area contributed by atoms with Gasteiger partial charge in [-0.3, -0.25) is 4.79 Å². The van der Waals surface area contributed by atoms with Gasteiger partial charge in [0.05, 0.1) is 5.54 Å². The second kappa shape index (κ2) is 6.90. The summed E-state index contributed by atoms with van der Waals surface area (Å²) in [5, 5.41) is 3.06. The molecule has 2 fully saturated rings. The van der Waals surface area contributed by atoms with E-state index in [1.165, 1.54) is 51.6 Å². The molecule has 2 rings (SSSR count). The molecule has 3 unspecified atom stereocenters. The molecule has 1 saturated heterocycles. The van der Waals surface area contributed by atoms with Crippen molar-refractivity contribution in [2.75, 3.05) is 20.1 Å². The predicted octanol–water partition coefficient (Wildman–Crippen LogP) is 1.88. The number of amides is 1. The van der Waals surface area contributed by atoms with Crippen molar-refractivity contribution in [3.05, 3.63) is 0 Å². The number of hydrogen-bond acceptors (Lipinski definition) is 3. The van der Waals surface area contributed by atoms with Crippen molar-refractivity contribution in [1.82, 2.24) is 10.2 Å². The van der Waals surface area contributed by atoms with E-state index in [1.54, 1.807) is 0 Å². The maximum Gasteiger partial charge on any atom is 0.237 e. The number of primary amides is 1. The number of nitrogens with two attached hydrogens (primary N) is 1. The highest BCUT2D eigenvalue weighted by Crippen LogP contribution is 2.36. The minimum absolute atomic E-state index is 0.242. The van der Waals surface area contributed by atoms with Crippen LogP contribution in [0, 0.1) is 5.92 Å². The molecule has 4 heteroatoms. The van der Waals surface area contributed by atoms with E-state index in [0.717, 1.165) is 24.8 Å². The van der Waals surface area contributed by atoms with E-state index in [2.05, 4.69) is 10.2 Å². The molecule has 3 N–H and O–H groups in total. The highest BCUT2D eigenvalue weighted by Gasteiger charge is 2.35. The second-order valence-electron chi connectivity index (χ2n) is 6.84. The molecule has 0 spiro atoms. The van der Waals surface area contributed by atoms with Crippen LogP contribution >= 0.6 is 0 Å². The molecule has 116 valence electrons. The molecular weight excluding hydrogens is 250 g/mol. The first-order valence-corrected chi connectivity index (χ1v) is 8.30. The maximum atomic E-state index is 11.4. The summed E-state index contributed by atoms with van der Waals surface area (Å²) in [6.45, 7) is 4.39. The van der Waals surface area contributed by atoms with Gasteiger partial charge in [0.1, 0.15) is 0 Å². The Morgan fingerprint density at radius 3 is 2.75 bits per heavy atom. The number of carbonyl (C=O) groups is 1. The number of likely N-dealkylation sites (N-methyl/N-ethyl adjacent to an activating group) is 1. The maximum absolute atomic E-state index is 11.4. The summed E-state index contributed by atoms with van der Waals surface area (Å²) >= 11 is 0. The van der Waals surface area contributed by atoms with Gasteiger partial charge in [-0.25, -0.2) is 0 Å². The third-order valence-corrected chi connectivity index (χ3v) is 5.59. The number of fused-ring (bicyclic) bond motifs is 1. The molecule has 1 amide bonds. The monoisotopic (exact) mass is 281 g/mol. The normalized spacial score (nSPS) is 29.9. The summed E-state index contributed by atoms with van der Waals surface area (Å²) in [5.74, 6) is 0.727. The topological polar surface area (TPSA) is 58.4 Å². The van der Waals surface area contributed by atoms with Crippen molar-refractivity contribution < 1.29 is 4.79 Å². The Morgan fingerprint density at radius 2 is 2.05 bits per heavy atom. The molecule has 1 saturated carbocycles. The van der Waals surface area contributed by atoms with Gasteiger partial charge in [0.15, 0.2) is 0 Å². The zero-order valence-electron chi connectivity index (χ0n) is 13.2. The minimum Gasteiger partial charge on any atom is -0.368 e. The van der Waals surface area contributed by atoms with Crippen LogP contribution in [0.25, 0.3) is 0 Å². The lowest BCUT2D eigenvalue weighted by molar-refractivity contribution is -0.123. The van der Waals surface area contributed by atoms with Crippen LogP contribution in [0.3, 0.4) is 0 Å². The molecule has 0 aromatic carbocycles. The number of unbranched alkanes of at least 4 members (excludes halogenated alkanes) is 1. The standard InChI is InChI=1S/C16H31N3O/c1-16(18-2,15(17)20)10-5-6-11-19-12-9-13-7-3-4-8-14(13)19/h13-14,18H,3-12H2,1-2H3,(H2,17,20). The van der Waals surface area contributed by atoms with Crippen molar-refractivity contribution in [3.8, 4) is 0 Å². The first-order valence-electron chi connectivity index (χ1n) is 8.30. The fourth-order valence-corrected chi connectivity index (χ4v) is 3.95. The number of hydrogen-bond donors (Lipinski definition) is 2. The van der Waals surface area contributed by atoms with Crippen molar-refractivity contribution >= 4 is 5.91 Å². The average Bonchev–Trinajstić information content (AvgIpc) is 2.86. The Morgan fingerprint density at radius 1 is 1.30 bits per heavy atom. The molecule has 1 heterocycles. The fraction of sp³-hybridized carbons (Fsp3) is 0.938. The predicted molar refractivity (Wildman–Crippen MR) is 82.4 cm³/mol. The van der Waals surface area contributed by atoms with Gasteiger partial charge in [-0.1, -0.05) is 12.8 Å². The molecule has 2 aliphatic rings. The molecule has 0 aromatic rings. The van der Waals surface area contributed by atoms with Gasteiger partial charge >= 0.3 is 0 Å². The summed E-state index contributed by atoms with van der Waals surface area (Å²) in [4.78, 5) is 14.1. The fourth-order valence-electron chi connectivity index (χ4n) is 3.95. The minimum atomic E-state index is -0.543. The van der Waals surface area contributed by atoms with Crippen LogP contribution in [0.1, 0.15) is 58.3 Å². The van der Waals surface area contributed by atoms with Crippen molar-refractivity contribution in [2.24, 2.45) is 11.7 Å². The van der Waals surface area contributed by atoms with Crippen LogP contribution < -0.4 is 11.1 Å². The lowest BCUT2D eigenvalue weighted by Gasteiger charge is -2.32. The van der Waals surface area contributed by atoms with Crippen LogP contribution in [0.15, 0.2) is 0 Å². The third kappa shape index (κ3) is 3.53. The van der Waals surface area contributed by atoms with E-state index in [9.17, 15) is 4.79 Å². The molecule has 0 aromatic heterocycles. The van der Waals surface area contributed by atoms with Crippen LogP contribution in [-0.4, -0.2) is 42.5 Å². The molecule has 20 heavy (non-hydrogen) atoms. The number of likely N-dealkylation sites (tertiary alicyclic amines) is 1. The lowest BCUT2D eigenvalue weighted by Crippen LogP contribution is -2.51. The van der Waals surface area contributed by atoms with Gasteiger partial charge in [0.25, 0.3) is 0 Å². The Labute approximate surface area is 123 Å². The number of rotatable bonds is 7. The van der Waals surface area contributed by atoms with Gasteiger partial charge in [-0.05, 0) is 71.5 Å². The summed E-state index contributed by atoms with van der Waals surface area (Å²) in [7, 11) is 1.82. The number of nitrogens with one attached hydrogen (secondary N) is 1. The van der Waals surface area contributed by atoms with Crippen molar-refractivity contribution in [2.45, 2.75) is 69.9 Å². The molecule has 1 aliphatic carbocycles. The number of nitrogens with zero attached hydrogens (tertiary/aromatic N) is 1. The van der Waals surface area contributed by atoms with Gasteiger partial charge in [0, 0.05) is 6.04 Å². The first-order chi connectivity index (χ1) is 9.57. The van der Waals surface area contributed by atoms with E-state index < -0.39 is 5.54 Å². The molecule has 0 bridgehead atoms. The summed E-state index contributed by atoms with van der Waals surface area (Å²) < 4.78 is 0. The highest BCUT2D eigenvalue weighted by molar-refractivity contribution is 5.84. The van der Waals surface area contributed by atoms with Gasteiger partial charge < -0.3 is 16.0 Å². The van der Waals surface area contributed by atoms with Crippen LogP contribution in [0.4, 0.5) is 0 Å². The van der Waals surface area contributed by atoms with Crippen molar-refractivity contribution in [3.63, 3.8) is 0 Å². The molecule has 3 atom stereocenters. The van der Waals surface area contributed by atoms with E-state index in [4.69, 9.17) is 5.73 Å². The van der Waals surface area contributed by atoms with Crippen molar-refractivity contribution in [1.29, 1.82) is 0 Å². The highest BCUT2D eigenvalue weighted by atomic mass is 16.1. The molecule has 4 nitrogen and oxygen atoms in total. The first kappa shape index (κ1) is 15.8. The average molecular weight is 281 g/mol. The second-order valence-corrected chi connectivity index (χ2v) is 6.84. The van der Waals surface area contributed by atoms with E-state index in [-0.39, 0.29) is 5.91 Å². The molecule has 0 radical (unpaired) electrons. The van der Waals surface area contributed by atoms with E-state index in [1.807, 2.05) is 14.0 Å². The van der Waals surface area contributed by atoms with Crippen LogP contribution in [-0.2, 0) is 4.79 Å². The van der Waals surface area contributed by atoms with Gasteiger partial charge in [-0.2, -0.15) is 0 Å². The Kier molecular flexibility index (Phi) is 5.44. The Hall–Kier alpha value is -0.610. The third-order valence-electron chi connectivity index (χ3n) is 5.59. The number of carbonyl (C=O) groups excluding carboxylic acids is 1. The lowest BCUT2D eigenvalue weighted by atomic mass is 9.85. The Bertz CT molecular complexity index is 334. The quantitative estimate of drug-likeness (QED) is 0.701.